The van der Waals surface area contributed by atoms with Crippen molar-refractivity contribution in [2.45, 2.75) is 17.4 Å². The summed E-state index contributed by atoms with van der Waals surface area (Å²) in [6.45, 7) is 0. The monoisotopic (exact) mass is 322 g/mol. The zero-order valence-electron chi connectivity index (χ0n) is 11.6. The number of nitrogens with two attached hydrogens (primary N) is 1. The average molecular weight is 322 g/mol. The van der Waals surface area contributed by atoms with E-state index in [1.807, 2.05) is 6.07 Å². The molecule has 1 atom stereocenters. The van der Waals surface area contributed by atoms with Crippen LogP contribution in [0.4, 0.5) is 4.39 Å². The van der Waals surface area contributed by atoms with Crippen LogP contribution in [0, 0.1) is 5.82 Å². The summed E-state index contributed by atoms with van der Waals surface area (Å²) in [5, 5.41) is 0. The van der Waals surface area contributed by atoms with Crippen LogP contribution in [0.25, 0.3) is 0 Å². The Kier molecular flexibility index (Phi) is 4.89. The number of halogens is 1. The molecule has 5 nitrogen and oxygen atoms in total. The standard InChI is InChI=1S/C15H15FN2O3S/c16-12-6-8-13(9-7-12)22(20,21)18-14(15(17)19)10-11-4-2-1-3-5-11/h1-9,14,18H,10H2,(H2,17,19). The van der Waals surface area contributed by atoms with Gasteiger partial charge in [-0.2, -0.15) is 4.72 Å². The molecule has 0 aliphatic heterocycles. The van der Waals surface area contributed by atoms with E-state index in [2.05, 4.69) is 4.72 Å². The number of primary amides is 1. The highest BCUT2D eigenvalue weighted by Gasteiger charge is 2.24. The van der Waals surface area contributed by atoms with Crippen LogP contribution in [-0.4, -0.2) is 20.4 Å². The van der Waals surface area contributed by atoms with E-state index in [1.165, 1.54) is 0 Å². The van der Waals surface area contributed by atoms with E-state index in [1.54, 1.807) is 24.3 Å². The first kappa shape index (κ1) is 16.1. The first-order chi connectivity index (χ1) is 10.4. The van der Waals surface area contributed by atoms with Gasteiger partial charge in [-0.15, -0.1) is 0 Å². The Balaban J connectivity index is 2.20. The molecule has 1 amide bonds. The first-order valence-corrected chi connectivity index (χ1v) is 7.98. The van der Waals surface area contributed by atoms with Gasteiger partial charge in [-0.25, -0.2) is 12.8 Å². The lowest BCUT2D eigenvalue weighted by Gasteiger charge is -2.16. The van der Waals surface area contributed by atoms with Crippen LogP contribution in [0.2, 0.25) is 0 Å². The Morgan fingerprint density at radius 3 is 2.23 bits per heavy atom. The number of hydrogen-bond donors (Lipinski definition) is 2. The molecule has 0 aromatic heterocycles. The molecule has 0 radical (unpaired) electrons. The van der Waals surface area contributed by atoms with Crippen molar-refractivity contribution in [3.05, 3.63) is 66.0 Å². The maximum atomic E-state index is 12.9. The molecule has 116 valence electrons. The molecular weight excluding hydrogens is 307 g/mol. The molecule has 0 heterocycles. The molecule has 0 saturated carbocycles. The highest BCUT2D eigenvalue weighted by molar-refractivity contribution is 7.89. The van der Waals surface area contributed by atoms with Gasteiger partial charge in [0.25, 0.3) is 0 Å². The smallest absolute Gasteiger partial charge is 0.241 e. The third-order valence-electron chi connectivity index (χ3n) is 3.05. The van der Waals surface area contributed by atoms with Gasteiger partial charge in [0, 0.05) is 0 Å². The van der Waals surface area contributed by atoms with Crippen LogP contribution in [0.5, 0.6) is 0 Å². The number of nitrogens with one attached hydrogen (secondary N) is 1. The second kappa shape index (κ2) is 6.67. The quantitative estimate of drug-likeness (QED) is 0.837. The minimum absolute atomic E-state index is 0.131. The van der Waals surface area contributed by atoms with Crippen molar-refractivity contribution in [1.82, 2.24) is 4.72 Å². The molecule has 3 N–H and O–H groups in total. The summed E-state index contributed by atoms with van der Waals surface area (Å²) in [5.74, 6) is -1.33. The number of rotatable bonds is 6. The summed E-state index contributed by atoms with van der Waals surface area (Å²) in [6, 6.07) is 12.1. The molecule has 1 unspecified atom stereocenters. The van der Waals surface area contributed by atoms with Gasteiger partial charge >= 0.3 is 0 Å². The third kappa shape index (κ3) is 4.12. The Morgan fingerprint density at radius 1 is 1.09 bits per heavy atom. The Labute approximate surface area is 128 Å². The normalized spacial score (nSPS) is 12.8. The van der Waals surface area contributed by atoms with E-state index in [9.17, 15) is 17.6 Å². The van der Waals surface area contributed by atoms with Crippen LogP contribution in [0.1, 0.15) is 5.56 Å². The highest BCUT2D eigenvalue weighted by Crippen LogP contribution is 2.12. The van der Waals surface area contributed by atoms with E-state index in [4.69, 9.17) is 5.73 Å². The molecule has 2 rings (SSSR count). The number of benzene rings is 2. The molecule has 22 heavy (non-hydrogen) atoms. The van der Waals surface area contributed by atoms with E-state index >= 15 is 0 Å². The van der Waals surface area contributed by atoms with Crippen molar-refractivity contribution in [3.8, 4) is 0 Å². The molecule has 0 bridgehead atoms. The summed E-state index contributed by atoms with van der Waals surface area (Å²) < 4.78 is 39.5. The Bertz CT molecular complexity index is 746. The molecule has 2 aromatic rings. The molecule has 0 saturated heterocycles. The van der Waals surface area contributed by atoms with E-state index < -0.39 is 27.8 Å². The molecule has 0 spiro atoms. The molecular formula is C15H15FN2O3S. The number of sulfonamides is 1. The lowest BCUT2D eigenvalue weighted by molar-refractivity contribution is -0.119. The Morgan fingerprint density at radius 2 is 1.68 bits per heavy atom. The fourth-order valence-corrected chi connectivity index (χ4v) is 3.12. The maximum Gasteiger partial charge on any atom is 0.241 e. The molecule has 2 aromatic carbocycles. The second-order valence-electron chi connectivity index (χ2n) is 4.72. The minimum atomic E-state index is -3.96. The summed E-state index contributed by atoms with van der Waals surface area (Å²) in [5.41, 5.74) is 6.04. The van der Waals surface area contributed by atoms with Crippen LogP contribution in [-0.2, 0) is 21.2 Å². The number of carbonyl (C=O) groups excluding carboxylic acids is 1. The fourth-order valence-electron chi connectivity index (χ4n) is 1.92. The van der Waals surface area contributed by atoms with Gasteiger partial charge in [-0.05, 0) is 36.2 Å². The van der Waals surface area contributed by atoms with Crippen molar-refractivity contribution in [3.63, 3.8) is 0 Å². The van der Waals surface area contributed by atoms with Gasteiger partial charge in [0.2, 0.25) is 15.9 Å². The summed E-state index contributed by atoms with van der Waals surface area (Å²) in [6.07, 6.45) is 0.136. The lowest BCUT2D eigenvalue weighted by Crippen LogP contribution is -2.45. The predicted octanol–water partition coefficient (Wildman–Crippen LogP) is 1.20. The summed E-state index contributed by atoms with van der Waals surface area (Å²) in [7, 11) is -3.96. The fraction of sp³-hybridized carbons (Fsp3) is 0.133. The van der Waals surface area contributed by atoms with Crippen LogP contribution in [0.15, 0.2) is 59.5 Å². The van der Waals surface area contributed by atoms with E-state index in [0.717, 1.165) is 29.8 Å². The molecule has 7 heteroatoms. The zero-order valence-corrected chi connectivity index (χ0v) is 12.4. The second-order valence-corrected chi connectivity index (χ2v) is 6.43. The average Bonchev–Trinajstić information content (AvgIpc) is 2.48. The lowest BCUT2D eigenvalue weighted by atomic mass is 10.1. The topological polar surface area (TPSA) is 89.3 Å². The van der Waals surface area contributed by atoms with Crippen molar-refractivity contribution < 1.29 is 17.6 Å². The molecule has 0 aliphatic carbocycles. The maximum absolute atomic E-state index is 12.9. The number of carbonyl (C=O) groups is 1. The van der Waals surface area contributed by atoms with Crippen LogP contribution < -0.4 is 10.5 Å². The van der Waals surface area contributed by atoms with Gasteiger partial charge in [-0.1, -0.05) is 30.3 Å². The first-order valence-electron chi connectivity index (χ1n) is 6.49. The van der Waals surface area contributed by atoms with E-state index in [0.29, 0.717) is 0 Å². The number of hydrogen-bond acceptors (Lipinski definition) is 3. The minimum Gasteiger partial charge on any atom is -0.368 e. The van der Waals surface area contributed by atoms with Gasteiger partial charge in [0.15, 0.2) is 0 Å². The van der Waals surface area contributed by atoms with Crippen molar-refractivity contribution >= 4 is 15.9 Å². The van der Waals surface area contributed by atoms with Gasteiger partial charge in [-0.3, -0.25) is 4.79 Å². The van der Waals surface area contributed by atoms with Crippen LogP contribution >= 0.6 is 0 Å². The van der Waals surface area contributed by atoms with Crippen molar-refractivity contribution in [2.24, 2.45) is 5.73 Å². The summed E-state index contributed by atoms with van der Waals surface area (Å²) in [4.78, 5) is 11.4. The molecule has 0 fully saturated rings. The largest absolute Gasteiger partial charge is 0.368 e. The zero-order chi connectivity index (χ0) is 16.2. The number of amides is 1. The summed E-state index contributed by atoms with van der Waals surface area (Å²) >= 11 is 0. The SMILES string of the molecule is NC(=O)C(Cc1ccccc1)NS(=O)(=O)c1ccc(F)cc1. The van der Waals surface area contributed by atoms with Gasteiger partial charge < -0.3 is 5.73 Å². The third-order valence-corrected chi connectivity index (χ3v) is 4.54. The van der Waals surface area contributed by atoms with Crippen LogP contribution in [0.3, 0.4) is 0 Å². The Hall–Kier alpha value is -2.25. The highest BCUT2D eigenvalue weighted by atomic mass is 32.2. The van der Waals surface area contributed by atoms with Crippen molar-refractivity contribution in [2.75, 3.05) is 0 Å². The molecule has 0 aliphatic rings. The van der Waals surface area contributed by atoms with E-state index in [-0.39, 0.29) is 11.3 Å². The van der Waals surface area contributed by atoms with Gasteiger partial charge in [0.05, 0.1) is 4.90 Å². The predicted molar refractivity (Wildman–Crippen MR) is 79.8 cm³/mol. The van der Waals surface area contributed by atoms with Crippen molar-refractivity contribution in [1.29, 1.82) is 0 Å². The van der Waals surface area contributed by atoms with Gasteiger partial charge in [0.1, 0.15) is 11.9 Å².